The molecule has 26 heavy (non-hydrogen) atoms. The lowest BCUT2D eigenvalue weighted by molar-refractivity contribution is -0.295. The van der Waals surface area contributed by atoms with Crippen LogP contribution in [0.3, 0.4) is 0 Å². The van der Waals surface area contributed by atoms with Gasteiger partial charge in [-0.1, -0.05) is 6.58 Å². The Morgan fingerprint density at radius 1 is 0.462 bits per heavy atom. The highest BCUT2D eigenvalue weighted by molar-refractivity contribution is 6.25. The number of carbonyl (C=O) groups is 6. The van der Waals surface area contributed by atoms with Crippen LogP contribution in [0.15, 0.2) is 6.58 Å². The van der Waals surface area contributed by atoms with Gasteiger partial charge in [0.2, 0.25) is 0 Å². The van der Waals surface area contributed by atoms with Crippen LogP contribution in [0.5, 0.6) is 0 Å². The van der Waals surface area contributed by atoms with Gasteiger partial charge in [-0.15, -0.1) is 0 Å². The molecule has 0 unspecified atom stereocenters. The molecule has 1 rings (SSSR count). The van der Waals surface area contributed by atoms with Gasteiger partial charge in [-0.25, -0.2) is 0 Å². The standard InChI is InChI=1S/C14H8O12/c1-2(9(15)16)3-4(10(17)18)6(12(21)22)8(14(25)26)7(13(23)24)5(3)11(19)20/h1H2,(H,15,16)(H,17,18)(H,19,20)(H,21,22)(H,23,24)(H,25,26)/p-6. The van der Waals surface area contributed by atoms with E-state index in [1.807, 2.05) is 0 Å². The third kappa shape index (κ3) is 3.06. The lowest BCUT2D eigenvalue weighted by Gasteiger charge is -2.29. The van der Waals surface area contributed by atoms with E-state index in [2.05, 4.69) is 6.58 Å². The minimum atomic E-state index is -2.64. The Labute approximate surface area is 141 Å². The molecule has 12 nitrogen and oxygen atoms in total. The van der Waals surface area contributed by atoms with E-state index >= 15 is 0 Å². The van der Waals surface area contributed by atoms with Gasteiger partial charge in [0.25, 0.3) is 0 Å². The zero-order chi connectivity index (χ0) is 20.5. The van der Waals surface area contributed by atoms with Crippen molar-refractivity contribution in [3.63, 3.8) is 0 Å². The molecule has 0 saturated heterocycles. The summed E-state index contributed by atoms with van der Waals surface area (Å²) >= 11 is 0. The molecule has 1 aromatic carbocycles. The van der Waals surface area contributed by atoms with Crippen LogP contribution in [0.1, 0.15) is 57.4 Å². The highest BCUT2D eigenvalue weighted by atomic mass is 16.4. The first-order valence-electron chi connectivity index (χ1n) is 6.05. The number of aromatic carboxylic acids is 5. The van der Waals surface area contributed by atoms with E-state index in [4.69, 9.17) is 0 Å². The third-order valence-electron chi connectivity index (χ3n) is 3.07. The van der Waals surface area contributed by atoms with Crippen LogP contribution < -0.4 is 30.6 Å². The van der Waals surface area contributed by atoms with Crippen LogP contribution in [0.25, 0.3) is 5.57 Å². The number of aliphatic carboxylic acids is 1. The van der Waals surface area contributed by atoms with Crippen molar-refractivity contribution in [2.24, 2.45) is 0 Å². The summed E-state index contributed by atoms with van der Waals surface area (Å²) in [4.78, 5) is 67.0. The van der Waals surface area contributed by atoms with Crippen molar-refractivity contribution in [1.82, 2.24) is 0 Å². The molecule has 12 heteroatoms. The predicted molar refractivity (Wildman–Crippen MR) is 62.1 cm³/mol. The first-order chi connectivity index (χ1) is 11.8. The molecule has 136 valence electrons. The van der Waals surface area contributed by atoms with E-state index in [0.29, 0.717) is 0 Å². The second-order valence-electron chi connectivity index (χ2n) is 4.45. The van der Waals surface area contributed by atoms with Crippen molar-refractivity contribution in [3.8, 4) is 0 Å². The van der Waals surface area contributed by atoms with Crippen LogP contribution in [0, 0.1) is 0 Å². The molecule has 1 aromatic rings. The summed E-state index contributed by atoms with van der Waals surface area (Å²) in [5, 5.41) is 67.0. The molecule has 0 fully saturated rings. The number of carboxylic acid groups (broad SMARTS) is 6. The second kappa shape index (κ2) is 6.72. The Balaban J connectivity index is 4.56. The predicted octanol–water partition coefficient (Wildman–Crippen LogP) is -7.73. The average Bonchev–Trinajstić information content (AvgIpc) is 2.49. The molecular weight excluding hydrogens is 360 g/mol. The Kier molecular flexibility index (Phi) is 5.13. The van der Waals surface area contributed by atoms with Crippen molar-refractivity contribution >= 4 is 41.4 Å². The number of carbonyl (C=O) groups excluding carboxylic acids is 6. The third-order valence-corrected chi connectivity index (χ3v) is 3.07. The first-order valence-corrected chi connectivity index (χ1v) is 6.05. The molecule has 0 radical (unpaired) electrons. The second-order valence-corrected chi connectivity index (χ2v) is 4.45. The van der Waals surface area contributed by atoms with Crippen LogP contribution in [0.4, 0.5) is 0 Å². The molecule has 0 N–H and O–H groups in total. The van der Waals surface area contributed by atoms with Crippen LogP contribution in [-0.2, 0) is 4.79 Å². The molecule has 0 spiro atoms. The summed E-state index contributed by atoms with van der Waals surface area (Å²) in [6.45, 7) is 2.75. The van der Waals surface area contributed by atoms with Gasteiger partial charge in [-0.2, -0.15) is 0 Å². The van der Waals surface area contributed by atoms with Gasteiger partial charge in [0.15, 0.2) is 0 Å². The highest BCUT2D eigenvalue weighted by Crippen LogP contribution is 2.32. The number of benzene rings is 1. The fourth-order valence-electron chi connectivity index (χ4n) is 2.17. The fourth-order valence-corrected chi connectivity index (χ4v) is 2.17. The summed E-state index contributed by atoms with van der Waals surface area (Å²) in [6, 6.07) is 0. The van der Waals surface area contributed by atoms with Crippen LogP contribution in [0.2, 0.25) is 0 Å². The minimum absolute atomic E-state index is 1.52. The van der Waals surface area contributed by atoms with E-state index in [9.17, 15) is 59.4 Å². The zero-order valence-electron chi connectivity index (χ0n) is 12.1. The summed E-state index contributed by atoms with van der Waals surface area (Å²) in [5.74, 6) is -15.4. The Hall–Kier alpha value is -4.22. The Morgan fingerprint density at radius 2 is 0.654 bits per heavy atom. The maximum absolute atomic E-state index is 11.3. The van der Waals surface area contributed by atoms with E-state index < -0.39 is 74.8 Å². The molecule has 0 aliphatic carbocycles. The first kappa shape index (κ1) is 19.8. The summed E-state index contributed by atoms with van der Waals surface area (Å²) in [7, 11) is 0. The van der Waals surface area contributed by atoms with Gasteiger partial charge in [-0.05, 0) is 5.57 Å². The van der Waals surface area contributed by atoms with Gasteiger partial charge in [0.1, 0.15) is 0 Å². The summed E-state index contributed by atoms with van der Waals surface area (Å²) in [5.41, 5.74) is -12.6. The van der Waals surface area contributed by atoms with Gasteiger partial charge < -0.3 is 59.4 Å². The highest BCUT2D eigenvalue weighted by Gasteiger charge is 2.28. The summed E-state index contributed by atoms with van der Waals surface area (Å²) in [6.07, 6.45) is 0. The smallest absolute Gasteiger partial charge is 0.0729 e. The molecule has 0 aliphatic rings. The van der Waals surface area contributed by atoms with E-state index in [1.165, 1.54) is 0 Å². The van der Waals surface area contributed by atoms with Gasteiger partial charge in [0, 0.05) is 33.4 Å². The average molecular weight is 362 g/mol. The van der Waals surface area contributed by atoms with Crippen molar-refractivity contribution in [2.45, 2.75) is 0 Å². The molecule has 0 aromatic heterocycles. The van der Waals surface area contributed by atoms with Crippen molar-refractivity contribution < 1.29 is 59.4 Å². The maximum Gasteiger partial charge on any atom is 0.0729 e. The van der Waals surface area contributed by atoms with E-state index in [-0.39, 0.29) is 0 Å². The zero-order valence-corrected chi connectivity index (χ0v) is 12.1. The van der Waals surface area contributed by atoms with Crippen molar-refractivity contribution in [3.05, 3.63) is 40.0 Å². The van der Waals surface area contributed by atoms with Gasteiger partial charge >= 0.3 is 0 Å². The number of hydrogen-bond donors (Lipinski definition) is 0. The normalized spacial score (nSPS) is 10.0. The maximum atomic E-state index is 11.3. The molecule has 0 bridgehead atoms. The number of rotatable bonds is 7. The fraction of sp³-hybridized carbons (Fsp3) is 0. The molecule has 0 atom stereocenters. The number of carboxylic acids is 6. The van der Waals surface area contributed by atoms with E-state index in [0.717, 1.165) is 0 Å². The quantitative estimate of drug-likeness (QED) is 0.410. The molecule has 0 amide bonds. The monoisotopic (exact) mass is 362 g/mol. The van der Waals surface area contributed by atoms with Crippen molar-refractivity contribution in [2.75, 3.05) is 0 Å². The molecule has 0 aliphatic heterocycles. The lowest BCUT2D eigenvalue weighted by Crippen LogP contribution is -2.42. The topological polar surface area (TPSA) is 241 Å². The number of hydrogen-bond acceptors (Lipinski definition) is 12. The van der Waals surface area contributed by atoms with Crippen molar-refractivity contribution in [1.29, 1.82) is 0 Å². The van der Waals surface area contributed by atoms with Crippen LogP contribution >= 0.6 is 0 Å². The molecule has 0 saturated carbocycles. The van der Waals surface area contributed by atoms with Gasteiger partial charge in [0.05, 0.1) is 35.8 Å². The summed E-state index contributed by atoms with van der Waals surface area (Å²) < 4.78 is 0. The molecule has 0 heterocycles. The minimum Gasteiger partial charge on any atom is -0.545 e. The lowest BCUT2D eigenvalue weighted by atomic mass is 9.83. The Morgan fingerprint density at radius 3 is 0.808 bits per heavy atom. The SMILES string of the molecule is C=C(C(=O)[O-])c1c(C(=O)[O-])c(C(=O)[O-])c(C(=O)[O-])c(C(=O)[O-])c1C(=O)[O-]. The van der Waals surface area contributed by atoms with Crippen LogP contribution in [-0.4, -0.2) is 35.8 Å². The Bertz CT molecular complexity index is 867. The van der Waals surface area contributed by atoms with E-state index in [1.54, 1.807) is 0 Å². The van der Waals surface area contributed by atoms with Gasteiger partial charge in [-0.3, -0.25) is 0 Å². The largest absolute Gasteiger partial charge is 0.545 e. The molecular formula is C14H2O12-6.